The van der Waals surface area contributed by atoms with Crippen molar-refractivity contribution in [1.29, 1.82) is 10.9 Å². The van der Waals surface area contributed by atoms with Crippen LogP contribution in [0.5, 0.6) is 0 Å². The molecule has 0 saturated heterocycles. The van der Waals surface area contributed by atoms with Crippen LogP contribution >= 0.6 is 0 Å². The number of Topliss-reactive ketones (excluding diaryl/α,β-unsaturated/α-hetero) is 2. The van der Waals surface area contributed by atoms with Crippen LogP contribution in [0.25, 0.3) is 0 Å². The highest BCUT2D eigenvalue weighted by atomic mass is 16.2. The molecule has 1 aromatic carbocycles. The summed E-state index contributed by atoms with van der Waals surface area (Å²) >= 11 is 0. The second kappa shape index (κ2) is 6.18. The highest BCUT2D eigenvalue weighted by Crippen LogP contribution is 2.23. The summed E-state index contributed by atoms with van der Waals surface area (Å²) in [4.78, 5) is 23.7. The fourth-order valence-corrected chi connectivity index (χ4v) is 2.31. The molecule has 1 aliphatic rings. The predicted octanol–water partition coefficient (Wildman–Crippen LogP) is 2.35. The third-order valence-electron chi connectivity index (χ3n) is 3.41. The largest absolute Gasteiger partial charge is 0.299 e. The number of carbonyl (C=O) groups is 2. The molecular weight excluding hydrogens is 256 g/mol. The van der Waals surface area contributed by atoms with Crippen molar-refractivity contribution in [3.63, 3.8) is 0 Å². The first-order valence-corrected chi connectivity index (χ1v) is 6.48. The molecule has 1 unspecified atom stereocenters. The lowest BCUT2D eigenvalue weighted by Gasteiger charge is -2.18. The Labute approximate surface area is 116 Å². The van der Waals surface area contributed by atoms with E-state index in [1.54, 1.807) is 0 Å². The van der Waals surface area contributed by atoms with Crippen LogP contribution in [0.1, 0.15) is 24.8 Å². The minimum atomic E-state index is -0.720. The number of hydrogen-bond donors (Lipinski definition) is 2. The molecule has 0 heterocycles. The normalized spacial score (nSPS) is 17.8. The zero-order valence-corrected chi connectivity index (χ0v) is 11.0. The van der Waals surface area contributed by atoms with Gasteiger partial charge < -0.3 is 0 Å². The predicted molar refractivity (Wildman–Crippen MR) is 72.2 cm³/mol. The van der Waals surface area contributed by atoms with Crippen molar-refractivity contribution in [2.24, 2.45) is 11.1 Å². The molecular formula is C14H16N4O2. The smallest absolute Gasteiger partial charge is 0.209 e. The summed E-state index contributed by atoms with van der Waals surface area (Å²) in [5.41, 5.74) is 7.97. The number of hydrogen-bond acceptors (Lipinski definition) is 5. The molecule has 1 aromatic rings. The standard InChI is InChI=1S/C14H16N4O2/c15-14(13(20)11-7-4-8-12(11)19)18(17-16)9-10-5-2-1-3-6-10/h1-3,5-6,11,15-16H,4,7-9H2. The van der Waals surface area contributed by atoms with E-state index in [4.69, 9.17) is 10.9 Å². The summed E-state index contributed by atoms with van der Waals surface area (Å²) in [5, 5.41) is 12.1. The lowest BCUT2D eigenvalue weighted by Crippen LogP contribution is -2.36. The maximum Gasteiger partial charge on any atom is 0.209 e. The Morgan fingerprint density at radius 2 is 2.05 bits per heavy atom. The molecule has 0 radical (unpaired) electrons. The van der Waals surface area contributed by atoms with Gasteiger partial charge in [-0.3, -0.25) is 15.0 Å². The summed E-state index contributed by atoms with van der Waals surface area (Å²) < 4.78 is 0. The zero-order valence-electron chi connectivity index (χ0n) is 11.0. The van der Waals surface area contributed by atoms with Crippen molar-refractivity contribution in [3.8, 4) is 0 Å². The van der Waals surface area contributed by atoms with E-state index in [0.29, 0.717) is 19.3 Å². The van der Waals surface area contributed by atoms with Gasteiger partial charge in [-0.25, -0.2) is 5.01 Å². The SMILES string of the molecule is N=NN(Cc1ccccc1)C(=N)C(=O)C1CCCC1=O. The Morgan fingerprint density at radius 1 is 1.35 bits per heavy atom. The van der Waals surface area contributed by atoms with Gasteiger partial charge in [-0.2, -0.15) is 5.53 Å². The van der Waals surface area contributed by atoms with Crippen LogP contribution in [0.3, 0.4) is 0 Å². The topological polar surface area (TPSA) is 97.4 Å². The first kappa shape index (κ1) is 14.0. The van der Waals surface area contributed by atoms with Gasteiger partial charge in [0, 0.05) is 6.42 Å². The van der Waals surface area contributed by atoms with Crippen LogP contribution in [-0.4, -0.2) is 22.4 Å². The Bertz CT molecular complexity index is 541. The van der Waals surface area contributed by atoms with Crippen molar-refractivity contribution >= 4 is 17.4 Å². The average Bonchev–Trinajstić information content (AvgIpc) is 2.90. The highest BCUT2D eigenvalue weighted by molar-refractivity contribution is 6.41. The molecule has 2 rings (SSSR count). The van der Waals surface area contributed by atoms with E-state index in [9.17, 15) is 9.59 Å². The zero-order chi connectivity index (χ0) is 14.5. The first-order chi connectivity index (χ1) is 9.63. The summed E-state index contributed by atoms with van der Waals surface area (Å²) in [6, 6.07) is 9.19. The minimum absolute atomic E-state index is 0.107. The van der Waals surface area contributed by atoms with Gasteiger partial charge in [0.05, 0.1) is 12.5 Å². The minimum Gasteiger partial charge on any atom is -0.299 e. The third kappa shape index (κ3) is 2.96. The summed E-state index contributed by atoms with van der Waals surface area (Å²) in [7, 11) is 0. The number of nitrogens with zero attached hydrogens (tertiary/aromatic N) is 2. The maximum atomic E-state index is 12.1. The second-order valence-electron chi connectivity index (χ2n) is 4.77. The van der Waals surface area contributed by atoms with Gasteiger partial charge in [-0.1, -0.05) is 35.6 Å². The van der Waals surface area contributed by atoms with E-state index >= 15 is 0 Å². The molecule has 1 fully saturated rings. The van der Waals surface area contributed by atoms with Gasteiger partial charge in [0.25, 0.3) is 0 Å². The molecule has 0 amide bonds. The monoisotopic (exact) mass is 272 g/mol. The van der Waals surface area contributed by atoms with Crippen molar-refractivity contribution in [2.45, 2.75) is 25.8 Å². The Balaban J connectivity index is 2.07. The number of amidine groups is 1. The van der Waals surface area contributed by atoms with Crippen LogP contribution in [0, 0.1) is 16.9 Å². The van der Waals surface area contributed by atoms with Crippen molar-refractivity contribution in [1.82, 2.24) is 5.01 Å². The van der Waals surface area contributed by atoms with Gasteiger partial charge in [0.1, 0.15) is 5.78 Å². The van der Waals surface area contributed by atoms with Crippen LogP contribution in [0.2, 0.25) is 0 Å². The van der Waals surface area contributed by atoms with Crippen LogP contribution in [0.15, 0.2) is 35.6 Å². The van der Waals surface area contributed by atoms with Crippen LogP contribution in [0.4, 0.5) is 0 Å². The van der Waals surface area contributed by atoms with E-state index in [1.165, 1.54) is 0 Å². The number of ketones is 2. The Hall–Kier alpha value is -2.37. The molecule has 6 heteroatoms. The number of rotatable bonds is 5. The molecule has 1 saturated carbocycles. The van der Waals surface area contributed by atoms with Gasteiger partial charge >= 0.3 is 0 Å². The van der Waals surface area contributed by atoms with Crippen LogP contribution in [-0.2, 0) is 16.1 Å². The molecule has 104 valence electrons. The van der Waals surface area contributed by atoms with Crippen molar-refractivity contribution < 1.29 is 9.59 Å². The van der Waals surface area contributed by atoms with Gasteiger partial charge in [-0.05, 0) is 18.4 Å². The number of carbonyl (C=O) groups excluding carboxylic acids is 2. The number of nitrogens with one attached hydrogen (secondary N) is 2. The molecule has 1 atom stereocenters. The third-order valence-corrected chi connectivity index (χ3v) is 3.41. The van der Waals surface area contributed by atoms with Gasteiger partial charge in [0.15, 0.2) is 5.84 Å². The molecule has 1 aliphatic carbocycles. The van der Waals surface area contributed by atoms with E-state index in [-0.39, 0.29) is 18.2 Å². The van der Waals surface area contributed by atoms with Gasteiger partial charge in [0.2, 0.25) is 5.78 Å². The first-order valence-electron chi connectivity index (χ1n) is 6.48. The lowest BCUT2D eigenvalue weighted by atomic mass is 10.0. The molecule has 0 aliphatic heterocycles. The maximum absolute atomic E-state index is 12.1. The lowest BCUT2D eigenvalue weighted by molar-refractivity contribution is -0.127. The van der Waals surface area contributed by atoms with Crippen LogP contribution < -0.4 is 0 Å². The summed E-state index contributed by atoms with van der Waals surface area (Å²) in [6.45, 7) is 0.176. The fourth-order valence-electron chi connectivity index (χ4n) is 2.31. The summed E-state index contributed by atoms with van der Waals surface area (Å²) in [5.74, 6) is -1.74. The van der Waals surface area contributed by atoms with Gasteiger partial charge in [-0.15, -0.1) is 0 Å². The Morgan fingerprint density at radius 3 is 2.60 bits per heavy atom. The molecule has 2 N–H and O–H groups in total. The van der Waals surface area contributed by atoms with E-state index < -0.39 is 11.7 Å². The second-order valence-corrected chi connectivity index (χ2v) is 4.77. The number of benzene rings is 1. The molecule has 0 bridgehead atoms. The van der Waals surface area contributed by atoms with E-state index in [1.807, 2.05) is 30.3 Å². The molecule has 0 spiro atoms. The van der Waals surface area contributed by atoms with E-state index in [2.05, 4.69) is 5.22 Å². The molecule has 6 nitrogen and oxygen atoms in total. The average molecular weight is 272 g/mol. The molecule has 0 aromatic heterocycles. The quantitative estimate of drug-likeness (QED) is 0.283. The fraction of sp³-hybridized carbons (Fsp3) is 0.357. The molecule has 20 heavy (non-hydrogen) atoms. The summed E-state index contributed by atoms with van der Waals surface area (Å²) in [6.07, 6.45) is 1.59. The van der Waals surface area contributed by atoms with Crippen molar-refractivity contribution in [2.75, 3.05) is 0 Å². The van der Waals surface area contributed by atoms with E-state index in [0.717, 1.165) is 10.6 Å². The Kier molecular flexibility index (Phi) is 4.34. The highest BCUT2D eigenvalue weighted by Gasteiger charge is 2.35. The van der Waals surface area contributed by atoms with Crippen molar-refractivity contribution in [3.05, 3.63) is 35.9 Å².